The quantitative estimate of drug-likeness (QED) is 0.792. The molecule has 0 radical (unpaired) electrons. The lowest BCUT2D eigenvalue weighted by Crippen LogP contribution is -2.48. The van der Waals surface area contributed by atoms with Crippen LogP contribution in [0.2, 0.25) is 0 Å². The molecule has 0 aromatic heterocycles. The third-order valence-corrected chi connectivity index (χ3v) is 4.02. The van der Waals surface area contributed by atoms with E-state index in [-0.39, 0.29) is 0 Å². The van der Waals surface area contributed by atoms with Crippen LogP contribution in [-0.2, 0) is 4.74 Å². The van der Waals surface area contributed by atoms with Crippen LogP contribution in [0.25, 0.3) is 0 Å². The van der Waals surface area contributed by atoms with Crippen molar-refractivity contribution in [2.45, 2.75) is 39.2 Å². The summed E-state index contributed by atoms with van der Waals surface area (Å²) in [6.45, 7) is 9.99. The van der Waals surface area contributed by atoms with Gasteiger partial charge in [-0.25, -0.2) is 0 Å². The molecule has 2 aliphatic heterocycles. The number of hydrogen-bond donors (Lipinski definition) is 1. The molecule has 3 heteroatoms. The Balaban J connectivity index is 1.79. The molecule has 16 heavy (non-hydrogen) atoms. The van der Waals surface area contributed by atoms with Gasteiger partial charge in [0.2, 0.25) is 0 Å². The molecule has 0 spiro atoms. The summed E-state index contributed by atoms with van der Waals surface area (Å²) in [5, 5.41) is 0. The third kappa shape index (κ3) is 3.19. The molecular weight excluding hydrogens is 200 g/mol. The fourth-order valence-corrected chi connectivity index (χ4v) is 3.04. The lowest BCUT2D eigenvalue weighted by atomic mass is 9.84. The minimum absolute atomic E-state index is 0.302. The predicted molar refractivity (Wildman–Crippen MR) is 66.4 cm³/mol. The second kappa shape index (κ2) is 5.03. The van der Waals surface area contributed by atoms with Crippen LogP contribution in [0.15, 0.2) is 0 Å². The fraction of sp³-hybridized carbons (Fsp3) is 1.00. The van der Waals surface area contributed by atoms with Gasteiger partial charge in [0.25, 0.3) is 0 Å². The summed E-state index contributed by atoms with van der Waals surface area (Å²) < 4.78 is 5.41. The van der Waals surface area contributed by atoms with Crippen LogP contribution in [0, 0.1) is 11.3 Å². The summed E-state index contributed by atoms with van der Waals surface area (Å²) in [7, 11) is 0. The Morgan fingerprint density at radius 3 is 2.94 bits per heavy atom. The molecule has 0 aromatic carbocycles. The molecule has 2 heterocycles. The van der Waals surface area contributed by atoms with E-state index < -0.39 is 0 Å². The molecule has 2 fully saturated rings. The standard InChI is InChI=1S/C13H26N2O/c1-13(2)5-3-6-15(10-13)8-12(14)11-4-7-16-9-11/h11-12H,3-10,14H2,1-2H3. The summed E-state index contributed by atoms with van der Waals surface area (Å²) in [5.74, 6) is 0.588. The Bertz CT molecular complexity index is 224. The van der Waals surface area contributed by atoms with Gasteiger partial charge in [-0.05, 0) is 31.2 Å². The van der Waals surface area contributed by atoms with Crippen molar-refractivity contribution in [1.29, 1.82) is 0 Å². The first-order valence-electron chi connectivity index (χ1n) is 6.62. The summed E-state index contributed by atoms with van der Waals surface area (Å²) in [6.07, 6.45) is 3.82. The summed E-state index contributed by atoms with van der Waals surface area (Å²) in [4.78, 5) is 2.55. The van der Waals surface area contributed by atoms with Crippen molar-refractivity contribution >= 4 is 0 Å². The molecule has 0 aliphatic carbocycles. The highest BCUT2D eigenvalue weighted by Gasteiger charge is 2.29. The van der Waals surface area contributed by atoms with Gasteiger partial charge in [-0.15, -0.1) is 0 Å². The molecule has 2 aliphatic rings. The molecule has 2 saturated heterocycles. The SMILES string of the molecule is CC1(C)CCCN(CC(N)C2CCOC2)C1. The van der Waals surface area contributed by atoms with Crippen molar-refractivity contribution in [3.63, 3.8) is 0 Å². The molecule has 2 unspecified atom stereocenters. The molecule has 2 rings (SSSR count). The minimum Gasteiger partial charge on any atom is -0.381 e. The van der Waals surface area contributed by atoms with Gasteiger partial charge in [0.05, 0.1) is 6.61 Å². The Kier molecular flexibility index (Phi) is 3.88. The van der Waals surface area contributed by atoms with E-state index in [9.17, 15) is 0 Å². The van der Waals surface area contributed by atoms with Gasteiger partial charge in [-0.2, -0.15) is 0 Å². The highest BCUT2D eigenvalue weighted by atomic mass is 16.5. The molecule has 0 amide bonds. The van der Waals surface area contributed by atoms with Gasteiger partial charge in [0, 0.05) is 31.7 Å². The predicted octanol–water partition coefficient (Wildman–Crippen LogP) is 1.47. The maximum atomic E-state index is 6.28. The average molecular weight is 226 g/mol. The summed E-state index contributed by atoms with van der Waals surface area (Å²) in [5.41, 5.74) is 6.75. The zero-order valence-electron chi connectivity index (χ0n) is 10.7. The highest BCUT2D eigenvalue weighted by Crippen LogP contribution is 2.28. The normalized spacial score (nSPS) is 32.8. The minimum atomic E-state index is 0.302. The topological polar surface area (TPSA) is 38.5 Å². The number of nitrogens with zero attached hydrogens (tertiary/aromatic N) is 1. The van der Waals surface area contributed by atoms with Crippen molar-refractivity contribution in [2.24, 2.45) is 17.1 Å². The van der Waals surface area contributed by atoms with E-state index >= 15 is 0 Å². The van der Waals surface area contributed by atoms with Crippen molar-refractivity contribution in [3.05, 3.63) is 0 Å². The van der Waals surface area contributed by atoms with Crippen molar-refractivity contribution in [3.8, 4) is 0 Å². The number of ether oxygens (including phenoxy) is 1. The Morgan fingerprint density at radius 2 is 2.31 bits per heavy atom. The van der Waals surface area contributed by atoms with Crippen LogP contribution in [0.1, 0.15) is 33.1 Å². The molecule has 2 atom stereocenters. The van der Waals surface area contributed by atoms with Crippen LogP contribution in [0.4, 0.5) is 0 Å². The molecule has 2 N–H and O–H groups in total. The maximum Gasteiger partial charge on any atom is 0.0510 e. The number of hydrogen-bond acceptors (Lipinski definition) is 3. The van der Waals surface area contributed by atoms with E-state index in [1.165, 1.54) is 25.9 Å². The first-order chi connectivity index (χ1) is 7.57. The van der Waals surface area contributed by atoms with E-state index in [1.54, 1.807) is 0 Å². The van der Waals surface area contributed by atoms with Crippen molar-refractivity contribution in [2.75, 3.05) is 32.8 Å². The highest BCUT2D eigenvalue weighted by molar-refractivity contribution is 4.84. The Labute approximate surface area is 99.3 Å². The Morgan fingerprint density at radius 1 is 1.50 bits per heavy atom. The number of rotatable bonds is 3. The lowest BCUT2D eigenvalue weighted by molar-refractivity contribution is 0.101. The number of piperidine rings is 1. The van der Waals surface area contributed by atoms with E-state index in [1.807, 2.05) is 0 Å². The van der Waals surface area contributed by atoms with Crippen molar-refractivity contribution < 1.29 is 4.74 Å². The number of likely N-dealkylation sites (tertiary alicyclic amines) is 1. The molecule has 94 valence electrons. The second-order valence-electron chi connectivity index (χ2n) is 6.29. The first-order valence-corrected chi connectivity index (χ1v) is 6.62. The van der Waals surface area contributed by atoms with E-state index in [2.05, 4.69) is 18.7 Å². The van der Waals surface area contributed by atoms with Gasteiger partial charge in [-0.1, -0.05) is 13.8 Å². The molecule has 0 aromatic rings. The van der Waals surface area contributed by atoms with Gasteiger partial charge < -0.3 is 15.4 Å². The average Bonchev–Trinajstić information content (AvgIpc) is 2.68. The summed E-state index contributed by atoms with van der Waals surface area (Å²) in [6, 6.07) is 0.302. The fourth-order valence-electron chi connectivity index (χ4n) is 3.04. The summed E-state index contributed by atoms with van der Waals surface area (Å²) >= 11 is 0. The van der Waals surface area contributed by atoms with Gasteiger partial charge in [0.15, 0.2) is 0 Å². The van der Waals surface area contributed by atoms with Crippen molar-refractivity contribution in [1.82, 2.24) is 4.90 Å². The zero-order chi connectivity index (χ0) is 11.6. The molecular formula is C13H26N2O. The first kappa shape index (κ1) is 12.3. The van der Waals surface area contributed by atoms with Crippen LogP contribution in [0.3, 0.4) is 0 Å². The van der Waals surface area contributed by atoms with Gasteiger partial charge >= 0.3 is 0 Å². The molecule has 3 nitrogen and oxygen atoms in total. The van der Waals surface area contributed by atoms with Gasteiger partial charge in [0.1, 0.15) is 0 Å². The van der Waals surface area contributed by atoms with Gasteiger partial charge in [-0.3, -0.25) is 0 Å². The van der Waals surface area contributed by atoms with Crippen LogP contribution >= 0.6 is 0 Å². The molecule has 0 saturated carbocycles. The number of nitrogens with two attached hydrogens (primary N) is 1. The van der Waals surface area contributed by atoms with Crippen LogP contribution in [0.5, 0.6) is 0 Å². The monoisotopic (exact) mass is 226 g/mol. The zero-order valence-corrected chi connectivity index (χ0v) is 10.7. The van der Waals surface area contributed by atoms with E-state index in [0.717, 1.165) is 26.2 Å². The van der Waals surface area contributed by atoms with E-state index in [0.29, 0.717) is 17.4 Å². The smallest absolute Gasteiger partial charge is 0.0510 e. The van der Waals surface area contributed by atoms with Crippen LogP contribution < -0.4 is 5.73 Å². The maximum absolute atomic E-state index is 6.28. The lowest BCUT2D eigenvalue weighted by Gasteiger charge is -2.39. The third-order valence-electron chi connectivity index (χ3n) is 4.02. The second-order valence-corrected chi connectivity index (χ2v) is 6.29. The Hall–Kier alpha value is -0.120. The molecule has 0 bridgehead atoms. The van der Waals surface area contributed by atoms with Crippen LogP contribution in [-0.4, -0.2) is 43.8 Å². The van der Waals surface area contributed by atoms with E-state index in [4.69, 9.17) is 10.5 Å². The largest absolute Gasteiger partial charge is 0.381 e.